The van der Waals surface area contributed by atoms with E-state index >= 15 is 0 Å². The van der Waals surface area contributed by atoms with E-state index in [1.54, 1.807) is 20.1 Å². The number of aliphatic hydroxyl groups is 1. The van der Waals surface area contributed by atoms with E-state index < -0.39 is 66.3 Å². The zero-order valence-electron chi connectivity index (χ0n) is 18.1. The van der Waals surface area contributed by atoms with E-state index in [4.69, 9.17) is 16.6 Å². The average Bonchev–Trinajstić information content (AvgIpc) is 2.66. The van der Waals surface area contributed by atoms with Gasteiger partial charge in [0.15, 0.2) is 0 Å². The third-order valence-corrected chi connectivity index (χ3v) is 4.99. The molecule has 0 saturated carbocycles. The second-order valence-corrected chi connectivity index (χ2v) is 8.39. The molecule has 13 heteroatoms. The summed E-state index contributed by atoms with van der Waals surface area (Å²) in [7, 11) is 0. The van der Waals surface area contributed by atoms with Gasteiger partial charge < -0.3 is 37.6 Å². The van der Waals surface area contributed by atoms with E-state index in [9.17, 15) is 29.1 Å². The summed E-state index contributed by atoms with van der Waals surface area (Å²) in [6.45, 7) is 4.72. The summed E-state index contributed by atoms with van der Waals surface area (Å²) >= 11 is 1.39. The van der Waals surface area contributed by atoms with Crippen LogP contribution in [0.25, 0.3) is 0 Å². The van der Waals surface area contributed by atoms with E-state index in [0.717, 1.165) is 0 Å². The van der Waals surface area contributed by atoms with Crippen molar-refractivity contribution in [2.75, 3.05) is 12.0 Å². The van der Waals surface area contributed by atoms with Gasteiger partial charge in [-0.1, -0.05) is 13.8 Å². The Kier molecular flexibility index (Phi) is 12.8. The fourth-order valence-corrected chi connectivity index (χ4v) is 2.87. The van der Waals surface area contributed by atoms with Crippen LogP contribution in [0.5, 0.6) is 0 Å². The SMILES string of the molecule is CSCCC(NC(=O)C(NC(=O)C(N)C(C)C)C(C)O)C(=O)NC(CC(N)=O)C(=O)O. The van der Waals surface area contributed by atoms with Gasteiger partial charge in [0, 0.05) is 0 Å². The maximum absolute atomic E-state index is 12.7. The lowest BCUT2D eigenvalue weighted by molar-refractivity contribution is -0.144. The van der Waals surface area contributed by atoms with Gasteiger partial charge in [0.25, 0.3) is 0 Å². The predicted molar refractivity (Wildman–Crippen MR) is 115 cm³/mol. The van der Waals surface area contributed by atoms with Crippen LogP contribution in [-0.4, -0.2) is 82.1 Å². The van der Waals surface area contributed by atoms with Crippen molar-refractivity contribution in [2.24, 2.45) is 17.4 Å². The number of nitrogens with two attached hydrogens (primary N) is 2. The number of nitrogens with one attached hydrogen (secondary N) is 3. The maximum atomic E-state index is 12.7. The second-order valence-electron chi connectivity index (χ2n) is 7.41. The molecule has 0 aromatic carbocycles. The molecule has 0 rings (SSSR count). The number of rotatable bonds is 14. The molecule has 0 aliphatic carbocycles. The highest BCUT2D eigenvalue weighted by atomic mass is 32.2. The predicted octanol–water partition coefficient (Wildman–Crippen LogP) is -2.48. The van der Waals surface area contributed by atoms with Gasteiger partial charge >= 0.3 is 5.97 Å². The molecule has 0 radical (unpaired) electrons. The summed E-state index contributed by atoms with van der Waals surface area (Å²) < 4.78 is 0. The molecule has 0 aliphatic heterocycles. The molecule has 0 fully saturated rings. The highest BCUT2D eigenvalue weighted by molar-refractivity contribution is 7.98. The Hall–Kier alpha value is -2.38. The van der Waals surface area contributed by atoms with Crippen LogP contribution in [0.2, 0.25) is 0 Å². The van der Waals surface area contributed by atoms with Crippen LogP contribution in [0.1, 0.15) is 33.6 Å². The van der Waals surface area contributed by atoms with Crippen molar-refractivity contribution < 1.29 is 34.2 Å². The van der Waals surface area contributed by atoms with Crippen molar-refractivity contribution in [1.82, 2.24) is 16.0 Å². The van der Waals surface area contributed by atoms with Gasteiger partial charge in [-0.05, 0) is 31.3 Å². The zero-order chi connectivity index (χ0) is 24.3. The van der Waals surface area contributed by atoms with Crippen LogP contribution in [0.15, 0.2) is 0 Å². The number of aliphatic hydroxyl groups excluding tert-OH is 1. The molecule has 0 aliphatic rings. The molecule has 5 atom stereocenters. The van der Waals surface area contributed by atoms with Crippen LogP contribution < -0.4 is 27.4 Å². The first kappa shape index (κ1) is 28.6. The number of hydrogen-bond acceptors (Lipinski definition) is 8. The molecule has 0 heterocycles. The number of amides is 4. The lowest BCUT2D eigenvalue weighted by Crippen LogP contribution is -2.60. The number of carbonyl (C=O) groups excluding carboxylic acids is 4. The second kappa shape index (κ2) is 13.8. The molecule has 31 heavy (non-hydrogen) atoms. The minimum Gasteiger partial charge on any atom is -0.480 e. The number of thioether (sulfide) groups is 1. The molecular weight excluding hydrogens is 430 g/mol. The molecular formula is C18H33N5O7S. The lowest BCUT2D eigenvalue weighted by Gasteiger charge is -2.26. The van der Waals surface area contributed by atoms with Crippen molar-refractivity contribution in [3.63, 3.8) is 0 Å². The summed E-state index contributed by atoms with van der Waals surface area (Å²) in [4.78, 5) is 59.8. The number of carbonyl (C=O) groups is 5. The van der Waals surface area contributed by atoms with E-state index in [-0.39, 0.29) is 12.3 Å². The van der Waals surface area contributed by atoms with E-state index in [1.807, 2.05) is 0 Å². The van der Waals surface area contributed by atoms with Crippen LogP contribution >= 0.6 is 11.8 Å². The van der Waals surface area contributed by atoms with Gasteiger partial charge in [-0.3, -0.25) is 19.2 Å². The van der Waals surface area contributed by atoms with Gasteiger partial charge in [0.05, 0.1) is 18.6 Å². The van der Waals surface area contributed by atoms with Crippen LogP contribution in [0.3, 0.4) is 0 Å². The molecule has 5 unspecified atom stereocenters. The summed E-state index contributed by atoms with van der Waals surface area (Å²) in [5.41, 5.74) is 10.8. The van der Waals surface area contributed by atoms with Crippen LogP contribution in [0.4, 0.5) is 0 Å². The van der Waals surface area contributed by atoms with Crippen LogP contribution in [-0.2, 0) is 24.0 Å². The Labute approximate surface area is 185 Å². The number of primary amides is 1. The van der Waals surface area contributed by atoms with E-state index in [0.29, 0.717) is 5.75 Å². The third-order valence-electron chi connectivity index (χ3n) is 4.35. The maximum Gasteiger partial charge on any atom is 0.326 e. The van der Waals surface area contributed by atoms with Gasteiger partial charge in [-0.25, -0.2) is 4.79 Å². The summed E-state index contributed by atoms with van der Waals surface area (Å²) in [5, 5.41) is 26.1. The normalized spacial score (nSPS) is 15.8. The van der Waals surface area contributed by atoms with Crippen molar-refractivity contribution in [3.05, 3.63) is 0 Å². The summed E-state index contributed by atoms with van der Waals surface area (Å²) in [6, 6.07) is -5.03. The first-order valence-corrected chi connectivity index (χ1v) is 11.1. The smallest absolute Gasteiger partial charge is 0.326 e. The fourth-order valence-electron chi connectivity index (χ4n) is 2.40. The molecule has 0 aromatic rings. The van der Waals surface area contributed by atoms with Crippen molar-refractivity contribution in [3.8, 4) is 0 Å². The molecule has 0 aromatic heterocycles. The third kappa shape index (κ3) is 10.5. The monoisotopic (exact) mass is 463 g/mol. The topological polar surface area (TPSA) is 214 Å². The van der Waals surface area contributed by atoms with Gasteiger partial charge in [0.1, 0.15) is 18.1 Å². The van der Waals surface area contributed by atoms with Gasteiger partial charge in [-0.15, -0.1) is 0 Å². The largest absolute Gasteiger partial charge is 0.480 e. The molecule has 178 valence electrons. The van der Waals surface area contributed by atoms with E-state index in [1.165, 1.54) is 18.7 Å². The quantitative estimate of drug-likeness (QED) is 0.145. The summed E-state index contributed by atoms with van der Waals surface area (Å²) in [5.74, 6) is -4.48. The standard InChI is InChI=1S/C18H33N5O7S/c1-8(2)13(20)16(27)23-14(9(3)24)17(28)21-10(5-6-31-4)15(26)22-11(18(29)30)7-12(19)25/h8-11,13-14,24H,5-7,20H2,1-4H3,(H2,19,25)(H,21,28)(H,22,26)(H,23,27)(H,29,30). The van der Waals surface area contributed by atoms with Gasteiger partial charge in [0.2, 0.25) is 23.6 Å². The Morgan fingerprint density at radius 3 is 1.90 bits per heavy atom. The van der Waals surface area contributed by atoms with Gasteiger partial charge in [-0.2, -0.15) is 11.8 Å². The van der Waals surface area contributed by atoms with Crippen molar-refractivity contribution in [2.45, 2.75) is 63.9 Å². The van der Waals surface area contributed by atoms with Crippen molar-refractivity contribution in [1.29, 1.82) is 0 Å². The lowest BCUT2D eigenvalue weighted by atomic mass is 10.0. The molecule has 4 amide bonds. The highest BCUT2D eigenvalue weighted by Gasteiger charge is 2.33. The number of hydrogen-bond donors (Lipinski definition) is 7. The molecule has 0 spiro atoms. The number of carboxylic acids is 1. The summed E-state index contributed by atoms with van der Waals surface area (Å²) in [6.07, 6.45) is -0.0119. The minimum atomic E-state index is -1.56. The molecule has 9 N–H and O–H groups in total. The number of carboxylic acid groups (broad SMARTS) is 1. The highest BCUT2D eigenvalue weighted by Crippen LogP contribution is 2.05. The fraction of sp³-hybridized carbons (Fsp3) is 0.722. The van der Waals surface area contributed by atoms with E-state index in [2.05, 4.69) is 16.0 Å². The Bertz CT molecular complexity index is 659. The van der Waals surface area contributed by atoms with Crippen molar-refractivity contribution >= 4 is 41.4 Å². The molecule has 0 bridgehead atoms. The first-order valence-electron chi connectivity index (χ1n) is 9.66. The molecule has 12 nitrogen and oxygen atoms in total. The minimum absolute atomic E-state index is 0.133. The Morgan fingerprint density at radius 1 is 0.935 bits per heavy atom. The Balaban J connectivity index is 5.42. The first-order chi connectivity index (χ1) is 14.3. The molecule has 0 saturated heterocycles. The average molecular weight is 464 g/mol. The van der Waals surface area contributed by atoms with Crippen LogP contribution in [0, 0.1) is 5.92 Å². The Morgan fingerprint density at radius 2 is 1.48 bits per heavy atom. The number of aliphatic carboxylic acids is 1. The zero-order valence-corrected chi connectivity index (χ0v) is 18.9.